The first-order valence-electron chi connectivity index (χ1n) is 19.8. The largest absolute Gasteiger partial charge is 0.310 e. The lowest BCUT2D eigenvalue weighted by Crippen LogP contribution is -2.28. The molecule has 0 atom stereocenters. The van der Waals surface area contributed by atoms with Crippen molar-refractivity contribution in [3.05, 3.63) is 235 Å². The first kappa shape index (κ1) is 33.4. The highest BCUT2D eigenvalue weighted by Gasteiger charge is 2.47. The van der Waals surface area contributed by atoms with Crippen LogP contribution in [-0.4, -0.2) is 0 Å². The smallest absolute Gasteiger partial charge is 0.0714 e. The van der Waals surface area contributed by atoms with Gasteiger partial charge < -0.3 is 4.90 Å². The number of hydrogen-bond acceptors (Lipinski definition) is 3. The predicted octanol–water partition coefficient (Wildman–Crippen LogP) is 15.9. The van der Waals surface area contributed by atoms with Gasteiger partial charge in [0.2, 0.25) is 0 Å². The molecule has 0 spiro atoms. The molecule has 0 saturated heterocycles. The van der Waals surface area contributed by atoms with E-state index < -0.39 is 5.41 Å². The average Bonchev–Trinajstić information content (AvgIpc) is 3.95. The fourth-order valence-electron chi connectivity index (χ4n) is 9.65. The van der Waals surface area contributed by atoms with Gasteiger partial charge in [-0.25, -0.2) is 0 Å². The number of rotatable bonds is 6. The Morgan fingerprint density at radius 2 is 0.897 bits per heavy atom. The third-order valence-corrected chi connectivity index (χ3v) is 14.4. The standard InChI is InChI=1S/C55H35NS2/c1-3-14-38(15-4-1)55(39-16-5-2-6-17-39)47-21-10-7-20-45(47)54-48(55)22-13-23-49(54)56(41-31-32-44-42-18-8-11-24-50(42)58-53(44)35-41)40-29-26-36(27-30-40)37-28-33-52-46(34-37)43-19-9-12-25-51(43)57-52/h1-35H. The molecule has 11 aromatic rings. The summed E-state index contributed by atoms with van der Waals surface area (Å²) in [5.74, 6) is 0. The van der Waals surface area contributed by atoms with E-state index in [1.807, 2.05) is 22.7 Å². The average molecular weight is 774 g/mol. The highest BCUT2D eigenvalue weighted by Crippen LogP contribution is 2.59. The van der Waals surface area contributed by atoms with Crippen molar-refractivity contribution in [2.45, 2.75) is 5.41 Å². The van der Waals surface area contributed by atoms with E-state index in [9.17, 15) is 0 Å². The maximum absolute atomic E-state index is 2.49. The predicted molar refractivity (Wildman–Crippen MR) is 250 cm³/mol. The van der Waals surface area contributed by atoms with Crippen LogP contribution in [0.15, 0.2) is 212 Å². The molecule has 0 fully saturated rings. The van der Waals surface area contributed by atoms with Crippen molar-refractivity contribution in [3.63, 3.8) is 0 Å². The maximum atomic E-state index is 2.49. The molecule has 2 heterocycles. The van der Waals surface area contributed by atoms with E-state index in [-0.39, 0.29) is 0 Å². The Bertz CT molecular complexity index is 3300. The van der Waals surface area contributed by atoms with E-state index in [0.29, 0.717) is 0 Å². The van der Waals surface area contributed by atoms with Crippen LogP contribution in [-0.2, 0) is 5.41 Å². The zero-order valence-electron chi connectivity index (χ0n) is 31.5. The summed E-state index contributed by atoms with van der Waals surface area (Å²) >= 11 is 3.73. The molecule has 1 aliphatic carbocycles. The SMILES string of the molecule is c1ccc(C2(c3ccccc3)c3ccccc3-c3c(N(c4ccc(-c5ccc6sc7ccccc7c6c5)cc4)c4ccc5c(c4)sc4ccccc45)cccc32)cc1. The molecular weight excluding hydrogens is 739 g/mol. The number of hydrogen-bond donors (Lipinski definition) is 0. The van der Waals surface area contributed by atoms with E-state index in [1.165, 1.54) is 84.9 Å². The van der Waals surface area contributed by atoms with Crippen LogP contribution < -0.4 is 4.90 Å². The Morgan fingerprint density at radius 1 is 0.345 bits per heavy atom. The van der Waals surface area contributed by atoms with E-state index in [0.717, 1.165) is 17.1 Å². The molecule has 58 heavy (non-hydrogen) atoms. The van der Waals surface area contributed by atoms with Crippen LogP contribution in [0.1, 0.15) is 22.3 Å². The number of thiophene rings is 2. The van der Waals surface area contributed by atoms with Gasteiger partial charge in [-0.15, -0.1) is 22.7 Å². The second-order valence-corrected chi connectivity index (χ2v) is 17.4. The molecule has 1 aliphatic rings. The molecule has 0 radical (unpaired) electrons. The van der Waals surface area contributed by atoms with Gasteiger partial charge in [0.1, 0.15) is 0 Å². The summed E-state index contributed by atoms with van der Waals surface area (Å²) in [6.07, 6.45) is 0. The Kier molecular flexibility index (Phi) is 7.56. The second kappa shape index (κ2) is 13.1. The van der Waals surface area contributed by atoms with Gasteiger partial charge in [-0.05, 0) is 93.5 Å². The molecule has 0 aliphatic heterocycles. The zero-order valence-corrected chi connectivity index (χ0v) is 33.1. The fraction of sp³-hybridized carbons (Fsp3) is 0.0182. The Morgan fingerprint density at radius 3 is 1.64 bits per heavy atom. The van der Waals surface area contributed by atoms with Crippen LogP contribution in [0.4, 0.5) is 17.1 Å². The lowest BCUT2D eigenvalue weighted by molar-refractivity contribution is 0.768. The van der Waals surface area contributed by atoms with Gasteiger partial charge in [-0.3, -0.25) is 0 Å². The summed E-state index contributed by atoms with van der Waals surface area (Å²) in [5.41, 5.74) is 13.0. The van der Waals surface area contributed by atoms with Gasteiger partial charge in [-0.1, -0.05) is 158 Å². The lowest BCUT2D eigenvalue weighted by Gasteiger charge is -2.34. The molecule has 0 unspecified atom stereocenters. The van der Waals surface area contributed by atoms with E-state index in [2.05, 4.69) is 217 Å². The van der Waals surface area contributed by atoms with Crippen molar-refractivity contribution in [1.82, 2.24) is 0 Å². The minimum Gasteiger partial charge on any atom is -0.310 e. The van der Waals surface area contributed by atoms with Crippen LogP contribution >= 0.6 is 22.7 Å². The number of anilines is 3. The maximum Gasteiger partial charge on any atom is 0.0714 e. The van der Waals surface area contributed by atoms with Crippen LogP contribution in [0.2, 0.25) is 0 Å². The van der Waals surface area contributed by atoms with Gasteiger partial charge >= 0.3 is 0 Å². The summed E-state index contributed by atoms with van der Waals surface area (Å²) in [5, 5.41) is 5.25. The highest BCUT2D eigenvalue weighted by atomic mass is 32.1. The van der Waals surface area contributed by atoms with Gasteiger partial charge in [0.15, 0.2) is 0 Å². The van der Waals surface area contributed by atoms with Crippen LogP contribution in [0.3, 0.4) is 0 Å². The normalized spacial score (nSPS) is 13.0. The number of nitrogens with zero attached hydrogens (tertiary/aromatic N) is 1. The van der Waals surface area contributed by atoms with E-state index >= 15 is 0 Å². The lowest BCUT2D eigenvalue weighted by atomic mass is 9.68. The van der Waals surface area contributed by atoms with Gasteiger partial charge in [0.25, 0.3) is 0 Å². The molecule has 2 aromatic heterocycles. The third kappa shape index (κ3) is 4.94. The first-order chi connectivity index (χ1) is 28.8. The topological polar surface area (TPSA) is 3.24 Å². The van der Waals surface area contributed by atoms with Crippen molar-refractivity contribution in [3.8, 4) is 22.3 Å². The zero-order chi connectivity index (χ0) is 38.2. The first-order valence-corrected chi connectivity index (χ1v) is 21.5. The Labute approximate surface area is 345 Å². The molecular formula is C55H35NS2. The molecule has 272 valence electrons. The van der Waals surface area contributed by atoms with Gasteiger partial charge in [0, 0.05) is 57.3 Å². The fourth-order valence-corrected chi connectivity index (χ4v) is 11.9. The second-order valence-electron chi connectivity index (χ2n) is 15.2. The highest BCUT2D eigenvalue weighted by molar-refractivity contribution is 7.26. The monoisotopic (exact) mass is 773 g/mol. The number of benzene rings is 9. The molecule has 0 saturated carbocycles. The van der Waals surface area contributed by atoms with Crippen molar-refractivity contribution >= 4 is 80.1 Å². The van der Waals surface area contributed by atoms with Crippen LogP contribution in [0, 0.1) is 0 Å². The number of fused-ring (bicyclic) bond motifs is 9. The summed E-state index contributed by atoms with van der Waals surface area (Å²) in [7, 11) is 0. The molecule has 0 bridgehead atoms. The quantitative estimate of drug-likeness (QED) is 0.163. The summed E-state index contributed by atoms with van der Waals surface area (Å²) in [4.78, 5) is 2.49. The van der Waals surface area contributed by atoms with Crippen molar-refractivity contribution in [2.75, 3.05) is 4.90 Å². The Balaban J connectivity index is 1.09. The Hall–Kier alpha value is -6.78. The molecule has 1 nitrogen and oxygen atoms in total. The van der Waals surface area contributed by atoms with Crippen LogP contribution in [0.25, 0.3) is 62.6 Å². The van der Waals surface area contributed by atoms with E-state index in [4.69, 9.17) is 0 Å². The third-order valence-electron chi connectivity index (χ3n) is 12.2. The summed E-state index contributed by atoms with van der Waals surface area (Å²) in [6.45, 7) is 0. The summed E-state index contributed by atoms with van der Waals surface area (Å²) in [6, 6.07) is 78.8. The molecule has 3 heteroatoms. The van der Waals surface area contributed by atoms with Crippen molar-refractivity contribution < 1.29 is 0 Å². The van der Waals surface area contributed by atoms with E-state index in [1.54, 1.807) is 0 Å². The molecule has 9 aromatic carbocycles. The van der Waals surface area contributed by atoms with Crippen LogP contribution in [0.5, 0.6) is 0 Å². The molecule has 0 amide bonds. The van der Waals surface area contributed by atoms with Crippen molar-refractivity contribution in [1.29, 1.82) is 0 Å². The van der Waals surface area contributed by atoms with Crippen molar-refractivity contribution in [2.24, 2.45) is 0 Å². The summed E-state index contributed by atoms with van der Waals surface area (Å²) < 4.78 is 5.25. The minimum atomic E-state index is -0.486. The van der Waals surface area contributed by atoms with Gasteiger partial charge in [-0.2, -0.15) is 0 Å². The minimum absolute atomic E-state index is 0.486. The van der Waals surface area contributed by atoms with Gasteiger partial charge in [0.05, 0.1) is 11.1 Å². The molecule has 0 N–H and O–H groups in total. The molecule has 12 rings (SSSR count).